The lowest BCUT2D eigenvalue weighted by Crippen LogP contribution is -2.27. The maximum atomic E-state index is 12.9. The Labute approximate surface area is 156 Å². The highest BCUT2D eigenvalue weighted by Gasteiger charge is 2.21. The van der Waals surface area contributed by atoms with Gasteiger partial charge in [0.2, 0.25) is 0 Å². The topological polar surface area (TPSA) is 59.3 Å². The van der Waals surface area contributed by atoms with Crippen LogP contribution >= 0.6 is 11.8 Å². The summed E-state index contributed by atoms with van der Waals surface area (Å²) in [6.45, 7) is 2.77. The first kappa shape index (κ1) is 16.6. The molecule has 0 radical (unpaired) electrons. The molecule has 130 valence electrons. The highest BCUT2D eigenvalue weighted by molar-refractivity contribution is 8.14. The van der Waals surface area contributed by atoms with E-state index in [4.69, 9.17) is 5.10 Å². The zero-order chi connectivity index (χ0) is 17.9. The van der Waals surface area contributed by atoms with Crippen LogP contribution in [0.25, 0.3) is 16.9 Å². The predicted molar refractivity (Wildman–Crippen MR) is 106 cm³/mol. The van der Waals surface area contributed by atoms with E-state index in [2.05, 4.69) is 10.3 Å². The third kappa shape index (κ3) is 3.41. The molecule has 1 aromatic heterocycles. The van der Waals surface area contributed by atoms with Gasteiger partial charge in [-0.1, -0.05) is 53.7 Å². The SMILES string of the molecule is Cc1cccc(-c2nn(-c3ccccc3)cc2C(=O)NC2=NCCS2)c1. The Morgan fingerprint density at radius 3 is 2.73 bits per heavy atom. The normalized spacial score (nSPS) is 13.5. The Morgan fingerprint density at radius 1 is 1.15 bits per heavy atom. The number of carbonyl (C=O) groups excluding carboxylic acids is 1. The van der Waals surface area contributed by atoms with Crippen LogP contribution in [0.3, 0.4) is 0 Å². The third-order valence-corrected chi connectivity index (χ3v) is 4.97. The zero-order valence-corrected chi connectivity index (χ0v) is 15.2. The molecule has 0 atom stereocenters. The van der Waals surface area contributed by atoms with Gasteiger partial charge in [0.15, 0.2) is 5.17 Å². The molecule has 1 amide bonds. The number of aromatic nitrogens is 2. The van der Waals surface area contributed by atoms with Crippen LogP contribution in [0.5, 0.6) is 0 Å². The van der Waals surface area contributed by atoms with Crippen LogP contribution in [-0.4, -0.2) is 33.2 Å². The van der Waals surface area contributed by atoms with Crippen molar-refractivity contribution >= 4 is 22.8 Å². The van der Waals surface area contributed by atoms with Gasteiger partial charge < -0.3 is 5.32 Å². The summed E-state index contributed by atoms with van der Waals surface area (Å²) < 4.78 is 1.75. The first-order valence-corrected chi connectivity index (χ1v) is 9.40. The number of aliphatic imine (C=N–C) groups is 1. The van der Waals surface area contributed by atoms with Crippen molar-refractivity contribution in [3.8, 4) is 16.9 Å². The number of aryl methyl sites for hydroxylation is 1. The van der Waals surface area contributed by atoms with Gasteiger partial charge in [-0.25, -0.2) is 4.68 Å². The Bertz CT molecular complexity index is 978. The molecule has 6 heteroatoms. The quantitative estimate of drug-likeness (QED) is 0.773. The molecule has 1 N–H and O–H groups in total. The first-order valence-electron chi connectivity index (χ1n) is 8.41. The Morgan fingerprint density at radius 2 is 2.00 bits per heavy atom. The van der Waals surface area contributed by atoms with Crippen LogP contribution in [0.15, 0.2) is 65.8 Å². The van der Waals surface area contributed by atoms with Crippen molar-refractivity contribution in [2.24, 2.45) is 4.99 Å². The van der Waals surface area contributed by atoms with Crippen molar-refractivity contribution in [2.75, 3.05) is 12.3 Å². The van der Waals surface area contributed by atoms with E-state index in [1.165, 1.54) is 0 Å². The molecule has 2 aromatic carbocycles. The fourth-order valence-electron chi connectivity index (χ4n) is 2.83. The number of amidine groups is 1. The van der Waals surface area contributed by atoms with E-state index in [1.54, 1.807) is 22.6 Å². The summed E-state index contributed by atoms with van der Waals surface area (Å²) in [4.78, 5) is 17.2. The van der Waals surface area contributed by atoms with Crippen molar-refractivity contribution in [3.05, 3.63) is 71.9 Å². The van der Waals surface area contributed by atoms with Crippen LogP contribution in [0.1, 0.15) is 15.9 Å². The van der Waals surface area contributed by atoms with E-state index >= 15 is 0 Å². The van der Waals surface area contributed by atoms with Crippen molar-refractivity contribution in [2.45, 2.75) is 6.92 Å². The molecule has 0 bridgehead atoms. The second kappa shape index (κ2) is 7.17. The summed E-state index contributed by atoms with van der Waals surface area (Å²) in [5.41, 5.74) is 4.16. The van der Waals surface area contributed by atoms with Gasteiger partial charge in [0.05, 0.1) is 17.8 Å². The van der Waals surface area contributed by atoms with Gasteiger partial charge in [-0.05, 0) is 25.1 Å². The number of hydrogen-bond donors (Lipinski definition) is 1. The number of para-hydroxylation sites is 1. The summed E-state index contributed by atoms with van der Waals surface area (Å²) in [6.07, 6.45) is 1.78. The smallest absolute Gasteiger partial charge is 0.261 e. The summed E-state index contributed by atoms with van der Waals surface area (Å²) in [5.74, 6) is 0.723. The number of nitrogens with one attached hydrogen (secondary N) is 1. The lowest BCUT2D eigenvalue weighted by molar-refractivity contribution is 0.0978. The number of amides is 1. The molecule has 2 heterocycles. The van der Waals surface area contributed by atoms with E-state index in [9.17, 15) is 4.79 Å². The van der Waals surface area contributed by atoms with Crippen LogP contribution in [0.4, 0.5) is 0 Å². The Balaban J connectivity index is 1.77. The van der Waals surface area contributed by atoms with Gasteiger partial charge in [-0.2, -0.15) is 5.10 Å². The summed E-state index contributed by atoms with van der Waals surface area (Å²) in [7, 11) is 0. The molecule has 5 nitrogen and oxygen atoms in total. The van der Waals surface area contributed by atoms with Gasteiger partial charge in [-0.3, -0.25) is 9.79 Å². The number of carbonyl (C=O) groups is 1. The second-order valence-electron chi connectivity index (χ2n) is 6.03. The fourth-order valence-corrected chi connectivity index (χ4v) is 3.56. The average Bonchev–Trinajstić information content (AvgIpc) is 3.32. The van der Waals surface area contributed by atoms with E-state index in [-0.39, 0.29) is 5.91 Å². The lowest BCUT2D eigenvalue weighted by Gasteiger charge is -2.05. The maximum Gasteiger partial charge on any atom is 0.261 e. The highest BCUT2D eigenvalue weighted by Crippen LogP contribution is 2.25. The van der Waals surface area contributed by atoms with Gasteiger partial charge in [-0.15, -0.1) is 0 Å². The standard InChI is InChI=1S/C20H18N4OS/c1-14-6-5-7-15(12-14)18-17(19(25)22-20-21-10-11-26-20)13-24(23-18)16-8-3-2-4-9-16/h2-9,12-13H,10-11H2,1H3,(H,21,22,25). The van der Waals surface area contributed by atoms with Crippen LogP contribution in [0, 0.1) is 6.92 Å². The Hall–Kier alpha value is -2.86. The lowest BCUT2D eigenvalue weighted by atomic mass is 10.1. The van der Waals surface area contributed by atoms with Crippen molar-refractivity contribution in [1.82, 2.24) is 15.1 Å². The van der Waals surface area contributed by atoms with E-state index in [1.807, 2.05) is 61.5 Å². The molecule has 0 spiro atoms. The van der Waals surface area contributed by atoms with Crippen molar-refractivity contribution in [3.63, 3.8) is 0 Å². The molecule has 0 fully saturated rings. The minimum absolute atomic E-state index is 0.183. The molecule has 1 aliphatic heterocycles. The minimum atomic E-state index is -0.183. The summed E-state index contributed by atoms with van der Waals surface area (Å²) in [5, 5.41) is 8.28. The van der Waals surface area contributed by atoms with Crippen LogP contribution in [0.2, 0.25) is 0 Å². The Kier molecular flexibility index (Phi) is 4.58. The molecule has 0 saturated carbocycles. The molecule has 0 saturated heterocycles. The van der Waals surface area contributed by atoms with Gasteiger partial charge >= 0.3 is 0 Å². The summed E-state index contributed by atoms with van der Waals surface area (Å²) in [6, 6.07) is 17.8. The maximum absolute atomic E-state index is 12.9. The third-order valence-electron chi connectivity index (χ3n) is 4.08. The van der Waals surface area contributed by atoms with Crippen LogP contribution < -0.4 is 5.32 Å². The zero-order valence-electron chi connectivity index (χ0n) is 14.3. The predicted octanol–water partition coefficient (Wildman–Crippen LogP) is 3.68. The van der Waals surface area contributed by atoms with Gasteiger partial charge in [0, 0.05) is 17.5 Å². The van der Waals surface area contributed by atoms with E-state index in [0.29, 0.717) is 16.4 Å². The molecule has 1 aliphatic rings. The van der Waals surface area contributed by atoms with Crippen molar-refractivity contribution in [1.29, 1.82) is 0 Å². The fraction of sp³-hybridized carbons (Fsp3) is 0.150. The molecule has 4 rings (SSSR count). The average molecular weight is 362 g/mol. The highest BCUT2D eigenvalue weighted by atomic mass is 32.2. The molecule has 0 aliphatic carbocycles. The molecule has 26 heavy (non-hydrogen) atoms. The summed E-state index contributed by atoms with van der Waals surface area (Å²) >= 11 is 1.56. The number of rotatable bonds is 3. The first-order chi connectivity index (χ1) is 12.7. The number of benzene rings is 2. The van der Waals surface area contributed by atoms with Crippen molar-refractivity contribution < 1.29 is 4.79 Å². The second-order valence-corrected chi connectivity index (χ2v) is 7.11. The number of nitrogens with zero attached hydrogens (tertiary/aromatic N) is 3. The molecular weight excluding hydrogens is 344 g/mol. The van der Waals surface area contributed by atoms with Gasteiger partial charge in [0.25, 0.3) is 5.91 Å². The largest absolute Gasteiger partial charge is 0.301 e. The molecular formula is C20H18N4OS. The number of thioether (sulfide) groups is 1. The number of hydrogen-bond acceptors (Lipinski definition) is 4. The van der Waals surface area contributed by atoms with Crippen LogP contribution in [-0.2, 0) is 0 Å². The molecule has 0 unspecified atom stereocenters. The minimum Gasteiger partial charge on any atom is -0.301 e. The monoisotopic (exact) mass is 362 g/mol. The van der Waals surface area contributed by atoms with E-state index < -0.39 is 0 Å². The molecule has 3 aromatic rings. The van der Waals surface area contributed by atoms with Gasteiger partial charge in [0.1, 0.15) is 5.69 Å². The van der Waals surface area contributed by atoms with E-state index in [0.717, 1.165) is 29.1 Å².